The lowest BCUT2D eigenvalue weighted by atomic mass is 9.72. The number of ether oxygens (including phenoxy) is 2. The highest BCUT2D eigenvalue weighted by molar-refractivity contribution is 5.66. The molecule has 1 aliphatic heterocycles. The van der Waals surface area contributed by atoms with Crippen LogP contribution in [-0.4, -0.2) is 12.2 Å². The molecule has 2 aromatic rings. The number of fused-ring (bicyclic) bond motifs is 2. The van der Waals surface area contributed by atoms with Gasteiger partial charge in [0.25, 0.3) is 0 Å². The summed E-state index contributed by atoms with van der Waals surface area (Å²) in [5.74, 6) is 2.11. The molecule has 1 aliphatic rings. The summed E-state index contributed by atoms with van der Waals surface area (Å²) in [7, 11) is 1.66. The maximum atomic E-state index is 10.7. The van der Waals surface area contributed by atoms with Gasteiger partial charge in [-0.15, -0.1) is 0 Å². The van der Waals surface area contributed by atoms with Crippen LogP contribution in [0.25, 0.3) is 0 Å². The zero-order valence-electron chi connectivity index (χ0n) is 18.1. The van der Waals surface area contributed by atoms with E-state index in [1.54, 1.807) is 7.11 Å². The minimum atomic E-state index is -0.323. The number of aromatic hydroxyl groups is 1. The molecule has 0 unspecified atom stereocenters. The number of phenolic OH excluding ortho intramolecular Hbond substituents is 1. The summed E-state index contributed by atoms with van der Waals surface area (Å²) in [4.78, 5) is 0. The van der Waals surface area contributed by atoms with Crippen molar-refractivity contribution >= 4 is 0 Å². The van der Waals surface area contributed by atoms with Crippen LogP contribution in [0.15, 0.2) is 24.3 Å². The average Bonchev–Trinajstić information content (AvgIpc) is 2.53. The fourth-order valence-corrected chi connectivity index (χ4v) is 3.62. The molecule has 0 bridgehead atoms. The van der Waals surface area contributed by atoms with Crippen LogP contribution in [0.1, 0.15) is 77.6 Å². The lowest BCUT2D eigenvalue weighted by molar-refractivity contribution is 0.339. The van der Waals surface area contributed by atoms with Crippen molar-refractivity contribution in [1.29, 1.82) is 0 Å². The molecule has 0 spiro atoms. The van der Waals surface area contributed by atoms with Crippen molar-refractivity contribution in [2.24, 2.45) is 0 Å². The predicted molar refractivity (Wildman–Crippen MR) is 111 cm³/mol. The van der Waals surface area contributed by atoms with Crippen molar-refractivity contribution in [3.8, 4) is 23.0 Å². The maximum Gasteiger partial charge on any atom is 0.173 e. The van der Waals surface area contributed by atoms with E-state index in [1.165, 1.54) is 5.56 Å². The van der Waals surface area contributed by atoms with Gasteiger partial charge in [0, 0.05) is 16.5 Å². The average molecular weight is 369 g/mol. The van der Waals surface area contributed by atoms with E-state index in [2.05, 4.69) is 67.5 Å². The molecule has 0 aromatic heterocycles. The molecule has 0 radical (unpaired) electrons. The van der Waals surface area contributed by atoms with Gasteiger partial charge in [-0.1, -0.05) is 67.5 Å². The van der Waals surface area contributed by atoms with Gasteiger partial charge < -0.3 is 14.6 Å². The first kappa shape index (κ1) is 19.6. The van der Waals surface area contributed by atoms with Crippen LogP contribution in [-0.2, 0) is 16.2 Å². The number of rotatable bonds is 1. The minimum Gasteiger partial charge on any atom is -0.504 e. The molecule has 2 aromatic carbocycles. The van der Waals surface area contributed by atoms with Crippen molar-refractivity contribution in [1.82, 2.24) is 0 Å². The Balaban J connectivity index is 2.31. The summed E-state index contributed by atoms with van der Waals surface area (Å²) >= 11 is 0. The molecule has 1 heterocycles. The van der Waals surface area contributed by atoms with Gasteiger partial charge in [0.1, 0.15) is 0 Å². The number of hydrogen-bond donors (Lipinski definition) is 1. The lowest BCUT2D eigenvalue weighted by Gasteiger charge is -2.38. The van der Waals surface area contributed by atoms with Crippen LogP contribution in [0.4, 0.5) is 0 Å². The van der Waals surface area contributed by atoms with Gasteiger partial charge in [-0.3, -0.25) is 0 Å². The lowest BCUT2D eigenvalue weighted by Crippen LogP contribution is -2.27. The maximum absolute atomic E-state index is 10.7. The van der Waals surface area contributed by atoms with E-state index in [0.29, 0.717) is 17.2 Å². The molecule has 0 atom stereocenters. The Hall–Kier alpha value is -2.16. The summed E-state index contributed by atoms with van der Waals surface area (Å²) < 4.78 is 11.9. The zero-order chi connectivity index (χ0) is 20.4. The van der Waals surface area contributed by atoms with Crippen molar-refractivity contribution < 1.29 is 14.6 Å². The fraction of sp³-hybridized carbons (Fsp3) is 0.500. The van der Waals surface area contributed by atoms with Gasteiger partial charge in [0.2, 0.25) is 0 Å². The molecule has 3 nitrogen and oxygen atoms in total. The standard InChI is InChI=1S/C24H32O3/c1-22(2,3)14-10-16-20(18(25)12-14)27-21-17(24(16,7)8)11-15(23(4,5)6)13-19(21)26-9/h10-13,25H,1-9H3. The summed E-state index contributed by atoms with van der Waals surface area (Å²) in [6, 6.07) is 8.26. The SMILES string of the molecule is COc1cc(C(C)(C)C)cc2c1Oc1c(O)cc(C(C)(C)C)cc1C2(C)C. The minimum absolute atomic E-state index is 0.00589. The second-order valence-electron chi connectivity index (χ2n) is 10.2. The molecule has 3 heteroatoms. The smallest absolute Gasteiger partial charge is 0.173 e. The van der Waals surface area contributed by atoms with Gasteiger partial charge in [-0.25, -0.2) is 0 Å². The second kappa shape index (κ2) is 5.92. The Morgan fingerprint density at radius 3 is 1.78 bits per heavy atom. The topological polar surface area (TPSA) is 38.7 Å². The third-order valence-electron chi connectivity index (χ3n) is 5.63. The van der Waals surface area contributed by atoms with Crippen molar-refractivity contribution in [3.05, 3.63) is 46.5 Å². The Morgan fingerprint density at radius 2 is 1.30 bits per heavy atom. The molecule has 1 N–H and O–H groups in total. The molecule has 0 saturated heterocycles. The molecule has 0 fully saturated rings. The number of phenols is 1. The number of hydrogen-bond acceptors (Lipinski definition) is 3. The highest BCUT2D eigenvalue weighted by atomic mass is 16.5. The predicted octanol–water partition coefficient (Wildman–Crippen LogP) is 6.43. The van der Waals surface area contributed by atoms with Gasteiger partial charge in [0.05, 0.1) is 7.11 Å². The highest BCUT2D eigenvalue weighted by Gasteiger charge is 2.39. The van der Waals surface area contributed by atoms with E-state index in [4.69, 9.17) is 9.47 Å². The van der Waals surface area contributed by atoms with Crippen molar-refractivity contribution in [2.75, 3.05) is 7.11 Å². The normalized spacial score (nSPS) is 15.6. The van der Waals surface area contributed by atoms with Gasteiger partial charge in [-0.2, -0.15) is 0 Å². The van der Waals surface area contributed by atoms with Crippen molar-refractivity contribution in [3.63, 3.8) is 0 Å². The van der Waals surface area contributed by atoms with Crippen LogP contribution in [0.5, 0.6) is 23.0 Å². The van der Waals surface area contributed by atoms with Gasteiger partial charge >= 0.3 is 0 Å². The molecule has 0 amide bonds. The fourth-order valence-electron chi connectivity index (χ4n) is 3.62. The Bertz CT molecular complexity index is 893. The molecule has 146 valence electrons. The molecule has 0 aliphatic carbocycles. The highest BCUT2D eigenvalue weighted by Crippen LogP contribution is 2.55. The number of benzene rings is 2. The van der Waals surface area contributed by atoms with Crippen LogP contribution < -0.4 is 9.47 Å². The van der Waals surface area contributed by atoms with Gasteiger partial charge in [0.15, 0.2) is 23.0 Å². The van der Waals surface area contributed by atoms with E-state index >= 15 is 0 Å². The molecular formula is C24H32O3. The second-order valence-corrected chi connectivity index (χ2v) is 10.2. The molecule has 27 heavy (non-hydrogen) atoms. The van der Waals surface area contributed by atoms with Crippen LogP contribution in [0.3, 0.4) is 0 Å². The van der Waals surface area contributed by atoms with E-state index in [1.807, 2.05) is 12.1 Å². The van der Waals surface area contributed by atoms with Crippen LogP contribution in [0.2, 0.25) is 0 Å². The Labute approximate surface area is 163 Å². The first-order chi connectivity index (χ1) is 12.3. The molecular weight excluding hydrogens is 336 g/mol. The van der Waals surface area contributed by atoms with Crippen LogP contribution in [0, 0.1) is 0 Å². The molecule has 3 rings (SSSR count). The summed E-state index contributed by atoms with van der Waals surface area (Å²) in [6.45, 7) is 17.4. The quantitative estimate of drug-likeness (QED) is 0.630. The third kappa shape index (κ3) is 3.18. The van der Waals surface area contributed by atoms with Crippen LogP contribution >= 0.6 is 0 Å². The van der Waals surface area contributed by atoms with E-state index in [-0.39, 0.29) is 22.0 Å². The van der Waals surface area contributed by atoms with E-state index in [9.17, 15) is 5.11 Å². The Morgan fingerprint density at radius 1 is 0.815 bits per heavy atom. The van der Waals surface area contributed by atoms with Gasteiger partial charge in [-0.05, 0) is 34.1 Å². The molecule has 0 saturated carbocycles. The third-order valence-corrected chi connectivity index (χ3v) is 5.63. The summed E-state index contributed by atoms with van der Waals surface area (Å²) in [5.41, 5.74) is 4.00. The first-order valence-electron chi connectivity index (χ1n) is 9.55. The largest absolute Gasteiger partial charge is 0.504 e. The van der Waals surface area contributed by atoms with Crippen molar-refractivity contribution in [2.45, 2.75) is 71.6 Å². The number of methoxy groups -OCH3 is 1. The van der Waals surface area contributed by atoms with E-state index < -0.39 is 0 Å². The summed E-state index contributed by atoms with van der Waals surface area (Å²) in [6.07, 6.45) is 0. The monoisotopic (exact) mass is 368 g/mol. The zero-order valence-corrected chi connectivity index (χ0v) is 18.1. The Kier molecular flexibility index (Phi) is 4.30. The van der Waals surface area contributed by atoms with E-state index in [0.717, 1.165) is 16.7 Å². The summed E-state index contributed by atoms with van der Waals surface area (Å²) in [5, 5.41) is 10.7. The first-order valence-corrected chi connectivity index (χ1v) is 9.55.